The van der Waals surface area contributed by atoms with Crippen LogP contribution in [0.5, 0.6) is 11.5 Å². The van der Waals surface area contributed by atoms with Gasteiger partial charge in [0, 0.05) is 25.6 Å². The zero-order valence-electron chi connectivity index (χ0n) is 28.7. The van der Waals surface area contributed by atoms with Crippen LogP contribution in [0.2, 0.25) is 0 Å². The summed E-state index contributed by atoms with van der Waals surface area (Å²) in [6.07, 6.45) is 0. The summed E-state index contributed by atoms with van der Waals surface area (Å²) in [4.78, 5) is 16.2. The van der Waals surface area contributed by atoms with Crippen molar-refractivity contribution in [2.45, 2.75) is 127 Å². The summed E-state index contributed by atoms with van der Waals surface area (Å²) in [5.41, 5.74) is 5.33. The average Bonchev–Trinajstić information content (AvgIpc) is 2.84. The topological polar surface area (TPSA) is 82.4 Å². The molecule has 1 heterocycles. The molecule has 236 valence electrons. The molecular formula is C35H52N4O2S2. The van der Waals surface area contributed by atoms with Crippen LogP contribution in [0.15, 0.2) is 34.6 Å². The fraction of sp³-hybridized carbons (Fsp3) is 0.571. The third-order valence-corrected chi connectivity index (χ3v) is 9.13. The number of thioether (sulfide) groups is 2. The fourth-order valence-corrected chi connectivity index (χ4v) is 6.37. The van der Waals surface area contributed by atoms with Gasteiger partial charge in [0.25, 0.3) is 0 Å². The Kier molecular flexibility index (Phi) is 10.2. The van der Waals surface area contributed by atoms with E-state index in [2.05, 4.69) is 107 Å². The highest BCUT2D eigenvalue weighted by Gasteiger charge is 2.28. The molecule has 0 aliphatic rings. The lowest BCUT2D eigenvalue weighted by molar-refractivity contribution is 0.422. The summed E-state index contributed by atoms with van der Waals surface area (Å²) in [6, 6.07) is 8.47. The average molecular weight is 625 g/mol. The molecule has 2 aromatic carbocycles. The molecule has 0 amide bonds. The van der Waals surface area contributed by atoms with Gasteiger partial charge in [-0.25, -0.2) is 0 Å². The Labute approximate surface area is 268 Å². The predicted molar refractivity (Wildman–Crippen MR) is 184 cm³/mol. The highest BCUT2D eigenvalue weighted by atomic mass is 32.2. The molecule has 8 heteroatoms. The minimum absolute atomic E-state index is 0.187. The molecule has 3 rings (SSSR count). The first-order chi connectivity index (χ1) is 19.5. The molecule has 1 aromatic heterocycles. The van der Waals surface area contributed by atoms with Gasteiger partial charge >= 0.3 is 0 Å². The second-order valence-corrected chi connectivity index (χ2v) is 17.6. The summed E-state index contributed by atoms with van der Waals surface area (Å²) in [7, 11) is 3.88. The summed E-state index contributed by atoms with van der Waals surface area (Å²) in [5.74, 6) is 2.75. The van der Waals surface area contributed by atoms with Crippen LogP contribution >= 0.6 is 23.5 Å². The Hall–Kier alpha value is -2.45. The maximum Gasteiger partial charge on any atom is 0.229 e. The summed E-state index contributed by atoms with van der Waals surface area (Å²) in [5, 5.41) is 23.6. The minimum atomic E-state index is -0.187. The van der Waals surface area contributed by atoms with Crippen LogP contribution in [0.1, 0.15) is 116 Å². The number of rotatable bonds is 7. The van der Waals surface area contributed by atoms with Gasteiger partial charge in [-0.05, 0) is 55.0 Å². The molecule has 0 unspecified atom stereocenters. The molecule has 0 radical (unpaired) electrons. The Morgan fingerprint density at radius 1 is 0.535 bits per heavy atom. The van der Waals surface area contributed by atoms with Crippen molar-refractivity contribution in [3.05, 3.63) is 57.6 Å². The number of hydrogen-bond acceptors (Lipinski definition) is 8. The third-order valence-electron chi connectivity index (χ3n) is 7.29. The van der Waals surface area contributed by atoms with Crippen LogP contribution in [0.3, 0.4) is 0 Å². The summed E-state index contributed by atoms with van der Waals surface area (Å²) < 4.78 is 0. The van der Waals surface area contributed by atoms with Crippen molar-refractivity contribution in [3.8, 4) is 11.5 Å². The van der Waals surface area contributed by atoms with Gasteiger partial charge in [0.15, 0.2) is 10.3 Å². The molecule has 2 N–H and O–H groups in total. The van der Waals surface area contributed by atoms with E-state index in [1.165, 1.54) is 0 Å². The minimum Gasteiger partial charge on any atom is -0.507 e. The third kappa shape index (κ3) is 8.81. The number of anilines is 1. The van der Waals surface area contributed by atoms with Crippen molar-refractivity contribution in [1.82, 2.24) is 15.0 Å². The molecule has 0 aliphatic carbocycles. The van der Waals surface area contributed by atoms with Crippen LogP contribution in [0.25, 0.3) is 0 Å². The molecule has 0 aliphatic heterocycles. The van der Waals surface area contributed by atoms with E-state index >= 15 is 0 Å². The first kappa shape index (κ1) is 35.0. The summed E-state index contributed by atoms with van der Waals surface area (Å²) in [6.45, 7) is 25.6. The van der Waals surface area contributed by atoms with Gasteiger partial charge in [-0.2, -0.15) is 15.0 Å². The number of aromatic nitrogens is 3. The molecule has 3 aromatic rings. The summed E-state index contributed by atoms with van der Waals surface area (Å²) >= 11 is 3.16. The highest BCUT2D eigenvalue weighted by molar-refractivity contribution is 7.99. The van der Waals surface area contributed by atoms with Crippen molar-refractivity contribution < 1.29 is 10.2 Å². The van der Waals surface area contributed by atoms with Gasteiger partial charge < -0.3 is 15.1 Å². The van der Waals surface area contributed by atoms with E-state index in [0.29, 0.717) is 39.3 Å². The van der Waals surface area contributed by atoms with E-state index in [0.717, 1.165) is 33.4 Å². The molecule has 0 atom stereocenters. The second-order valence-electron chi connectivity index (χ2n) is 15.8. The van der Waals surface area contributed by atoms with E-state index in [1.54, 1.807) is 23.5 Å². The standard InChI is InChI=1S/C35H52N4O2S2/c1-32(2,3)23-15-21(16-24(27(23)40)33(4,5)6)19-42-30-36-29(39(13)14)37-31(38-30)43-20-22-17-25(34(7,8)9)28(41)26(18-22)35(10,11)12/h15-18,40-41H,19-20H2,1-14H3. The van der Waals surface area contributed by atoms with Gasteiger partial charge in [0.2, 0.25) is 5.95 Å². The molecule has 6 nitrogen and oxygen atoms in total. The Morgan fingerprint density at radius 3 is 1.05 bits per heavy atom. The van der Waals surface area contributed by atoms with Gasteiger partial charge in [0.1, 0.15) is 11.5 Å². The molecule has 0 fully saturated rings. The van der Waals surface area contributed by atoms with Crippen molar-refractivity contribution in [1.29, 1.82) is 0 Å². The van der Waals surface area contributed by atoms with E-state index in [1.807, 2.05) is 19.0 Å². The smallest absolute Gasteiger partial charge is 0.229 e. The highest BCUT2D eigenvalue weighted by Crippen LogP contribution is 2.42. The van der Waals surface area contributed by atoms with Crippen molar-refractivity contribution in [2.24, 2.45) is 0 Å². The molecular weight excluding hydrogens is 573 g/mol. The van der Waals surface area contributed by atoms with Crippen molar-refractivity contribution >= 4 is 29.5 Å². The zero-order valence-corrected chi connectivity index (χ0v) is 30.4. The molecule has 43 heavy (non-hydrogen) atoms. The van der Waals surface area contributed by atoms with Gasteiger partial charge in [0.05, 0.1) is 0 Å². The van der Waals surface area contributed by atoms with E-state index < -0.39 is 0 Å². The predicted octanol–water partition coefficient (Wildman–Crippen LogP) is 9.12. The normalized spacial score (nSPS) is 13.0. The Morgan fingerprint density at radius 2 is 0.814 bits per heavy atom. The number of hydrogen-bond donors (Lipinski definition) is 2. The Balaban J connectivity index is 1.94. The molecule has 0 bridgehead atoms. The number of benzene rings is 2. The number of phenols is 2. The molecule has 0 saturated carbocycles. The van der Waals surface area contributed by atoms with Crippen LogP contribution < -0.4 is 4.90 Å². The number of aromatic hydroxyl groups is 2. The monoisotopic (exact) mass is 624 g/mol. The Bertz CT molecular complexity index is 1280. The van der Waals surface area contributed by atoms with Gasteiger partial charge in [-0.3, -0.25) is 0 Å². The van der Waals surface area contributed by atoms with E-state index in [4.69, 9.17) is 15.0 Å². The zero-order chi connectivity index (χ0) is 32.7. The maximum atomic E-state index is 11.1. The largest absolute Gasteiger partial charge is 0.507 e. The lowest BCUT2D eigenvalue weighted by Crippen LogP contribution is -2.18. The van der Waals surface area contributed by atoms with Crippen molar-refractivity contribution in [2.75, 3.05) is 19.0 Å². The van der Waals surface area contributed by atoms with Crippen LogP contribution in [-0.2, 0) is 33.2 Å². The maximum absolute atomic E-state index is 11.1. The molecule has 0 saturated heterocycles. The first-order valence-electron chi connectivity index (χ1n) is 14.9. The van der Waals surface area contributed by atoms with Gasteiger partial charge in [-0.15, -0.1) is 0 Å². The van der Waals surface area contributed by atoms with E-state index in [9.17, 15) is 10.2 Å². The quantitative estimate of drug-likeness (QED) is 0.252. The van der Waals surface area contributed by atoms with Gasteiger partial charge in [-0.1, -0.05) is 131 Å². The second kappa shape index (κ2) is 12.5. The number of nitrogens with zero attached hydrogens (tertiary/aromatic N) is 4. The SMILES string of the molecule is CN(C)c1nc(SCc2cc(C(C)(C)C)c(O)c(C(C)(C)C)c2)nc(SCc2cc(C(C)(C)C)c(O)c(C(C)(C)C)c2)n1. The first-order valence-corrected chi connectivity index (χ1v) is 16.9. The lowest BCUT2D eigenvalue weighted by Gasteiger charge is -2.28. The number of phenolic OH excluding ortho intramolecular Hbond substituents is 2. The molecule has 0 spiro atoms. The fourth-order valence-electron chi connectivity index (χ4n) is 4.79. The van der Waals surface area contributed by atoms with Crippen LogP contribution in [-0.4, -0.2) is 39.3 Å². The van der Waals surface area contributed by atoms with Crippen molar-refractivity contribution in [3.63, 3.8) is 0 Å². The van der Waals surface area contributed by atoms with Crippen LogP contribution in [0, 0.1) is 0 Å². The van der Waals surface area contributed by atoms with Crippen LogP contribution in [0.4, 0.5) is 5.95 Å². The van der Waals surface area contributed by atoms with E-state index in [-0.39, 0.29) is 21.7 Å². The lowest BCUT2D eigenvalue weighted by atomic mass is 9.78.